The van der Waals surface area contributed by atoms with Crippen LogP contribution >= 0.6 is 0 Å². The van der Waals surface area contributed by atoms with E-state index in [1.807, 2.05) is 19.2 Å². The molecule has 0 amide bonds. The van der Waals surface area contributed by atoms with Crippen LogP contribution in [0.2, 0.25) is 0 Å². The number of hydrogen-bond acceptors (Lipinski definition) is 4. The number of nitrogens with zero attached hydrogens (tertiary/aromatic N) is 2. The van der Waals surface area contributed by atoms with E-state index in [1.165, 1.54) is 5.56 Å². The number of rotatable bonds is 5. The number of hydrogen-bond donors (Lipinski definition) is 2. The summed E-state index contributed by atoms with van der Waals surface area (Å²) >= 11 is 0. The fourth-order valence-electron chi connectivity index (χ4n) is 3.56. The number of para-hydroxylation sites is 1. The Morgan fingerprint density at radius 1 is 1.36 bits per heavy atom. The van der Waals surface area contributed by atoms with E-state index < -0.39 is 0 Å². The van der Waals surface area contributed by atoms with Crippen LogP contribution in [-0.2, 0) is 11.2 Å². The maximum Gasteiger partial charge on any atom is 0.191 e. The molecule has 6 nitrogen and oxygen atoms in total. The molecule has 0 aliphatic carbocycles. The lowest BCUT2D eigenvalue weighted by Gasteiger charge is -2.38. The van der Waals surface area contributed by atoms with Crippen LogP contribution < -0.4 is 15.4 Å². The average molecular weight is 346 g/mol. The molecule has 3 unspecified atom stereocenters. The minimum atomic E-state index is 0.160. The van der Waals surface area contributed by atoms with Gasteiger partial charge < -0.3 is 20.1 Å². The van der Waals surface area contributed by atoms with Gasteiger partial charge in [-0.05, 0) is 25.5 Å². The Bertz CT molecular complexity index is 568. The Morgan fingerprint density at radius 2 is 2.20 bits per heavy atom. The average Bonchev–Trinajstić information content (AvgIpc) is 3.05. The van der Waals surface area contributed by atoms with Gasteiger partial charge in [0.05, 0.1) is 19.8 Å². The van der Waals surface area contributed by atoms with Crippen molar-refractivity contribution in [1.82, 2.24) is 15.5 Å². The molecule has 2 aliphatic heterocycles. The number of benzene rings is 1. The van der Waals surface area contributed by atoms with E-state index in [4.69, 9.17) is 9.47 Å². The number of ether oxygens (including phenoxy) is 2. The van der Waals surface area contributed by atoms with Crippen LogP contribution in [-0.4, -0.2) is 68.9 Å². The van der Waals surface area contributed by atoms with Crippen molar-refractivity contribution in [2.75, 3.05) is 39.9 Å². The van der Waals surface area contributed by atoms with Crippen molar-refractivity contribution in [2.45, 2.75) is 38.5 Å². The molecule has 0 spiro atoms. The van der Waals surface area contributed by atoms with Crippen molar-refractivity contribution in [2.24, 2.45) is 4.99 Å². The molecule has 2 N–H and O–H groups in total. The normalized spacial score (nSPS) is 25.2. The highest BCUT2D eigenvalue weighted by Gasteiger charge is 2.24. The highest BCUT2D eigenvalue weighted by molar-refractivity contribution is 5.79. The van der Waals surface area contributed by atoms with Crippen LogP contribution in [0.4, 0.5) is 0 Å². The molecule has 6 heteroatoms. The van der Waals surface area contributed by atoms with Gasteiger partial charge in [-0.1, -0.05) is 18.2 Å². The molecule has 2 aliphatic rings. The second-order valence-electron chi connectivity index (χ2n) is 6.90. The van der Waals surface area contributed by atoms with Crippen LogP contribution in [0.3, 0.4) is 0 Å². The van der Waals surface area contributed by atoms with Gasteiger partial charge in [0.25, 0.3) is 0 Å². The lowest BCUT2D eigenvalue weighted by Crippen LogP contribution is -2.53. The van der Waals surface area contributed by atoms with Crippen molar-refractivity contribution < 1.29 is 9.47 Å². The summed E-state index contributed by atoms with van der Waals surface area (Å²) in [5.74, 6) is 1.83. The Kier molecular flexibility index (Phi) is 6.15. The number of guanidine groups is 1. The van der Waals surface area contributed by atoms with Gasteiger partial charge in [-0.2, -0.15) is 0 Å². The van der Waals surface area contributed by atoms with Gasteiger partial charge in [0.1, 0.15) is 11.9 Å². The van der Waals surface area contributed by atoms with Crippen LogP contribution in [0.15, 0.2) is 29.3 Å². The first-order chi connectivity index (χ1) is 12.2. The summed E-state index contributed by atoms with van der Waals surface area (Å²) in [6, 6.07) is 9.15. The predicted molar refractivity (Wildman–Crippen MR) is 100 cm³/mol. The second-order valence-corrected chi connectivity index (χ2v) is 6.90. The molecule has 138 valence electrons. The van der Waals surface area contributed by atoms with E-state index in [9.17, 15) is 0 Å². The summed E-state index contributed by atoms with van der Waals surface area (Å²) in [4.78, 5) is 6.82. The van der Waals surface area contributed by atoms with Gasteiger partial charge in [0, 0.05) is 38.6 Å². The molecular weight excluding hydrogens is 316 g/mol. The summed E-state index contributed by atoms with van der Waals surface area (Å²) in [5, 5.41) is 6.82. The molecule has 3 rings (SSSR count). The first-order valence-electron chi connectivity index (χ1n) is 9.20. The van der Waals surface area contributed by atoms with Crippen LogP contribution in [0.1, 0.15) is 19.4 Å². The van der Waals surface area contributed by atoms with Crippen LogP contribution in [0, 0.1) is 0 Å². The van der Waals surface area contributed by atoms with E-state index >= 15 is 0 Å². The molecule has 25 heavy (non-hydrogen) atoms. The maximum absolute atomic E-state index is 5.97. The predicted octanol–water partition coefficient (Wildman–Crippen LogP) is 1.26. The third-order valence-electron chi connectivity index (χ3n) is 4.98. The number of fused-ring (bicyclic) bond motifs is 1. The van der Waals surface area contributed by atoms with E-state index in [0.29, 0.717) is 12.1 Å². The van der Waals surface area contributed by atoms with Crippen molar-refractivity contribution in [3.05, 3.63) is 29.8 Å². The SMILES string of the molecule is CN=C(NCC1Cc2ccccc2O1)NCC(C)N1CCOCC1C. The Hall–Kier alpha value is -1.79. The minimum absolute atomic E-state index is 0.160. The van der Waals surface area contributed by atoms with Gasteiger partial charge in [-0.25, -0.2) is 0 Å². The first kappa shape index (κ1) is 18.0. The van der Waals surface area contributed by atoms with Crippen molar-refractivity contribution in [3.63, 3.8) is 0 Å². The van der Waals surface area contributed by atoms with Gasteiger partial charge >= 0.3 is 0 Å². The molecule has 1 saturated heterocycles. The smallest absolute Gasteiger partial charge is 0.191 e. The maximum atomic E-state index is 5.97. The van der Waals surface area contributed by atoms with E-state index in [2.05, 4.69) is 46.5 Å². The van der Waals surface area contributed by atoms with Crippen LogP contribution in [0.5, 0.6) is 5.75 Å². The zero-order valence-corrected chi connectivity index (χ0v) is 15.5. The van der Waals surface area contributed by atoms with Gasteiger partial charge in [0.15, 0.2) is 5.96 Å². The summed E-state index contributed by atoms with van der Waals surface area (Å²) in [5.41, 5.74) is 1.28. The van der Waals surface area contributed by atoms with Crippen molar-refractivity contribution >= 4 is 5.96 Å². The molecule has 0 aromatic heterocycles. The molecule has 0 bridgehead atoms. The molecule has 0 radical (unpaired) electrons. The second kappa shape index (κ2) is 8.54. The summed E-state index contributed by atoms with van der Waals surface area (Å²) in [6.07, 6.45) is 1.11. The Balaban J connectivity index is 1.41. The van der Waals surface area contributed by atoms with Gasteiger partial charge in [0.2, 0.25) is 0 Å². The largest absolute Gasteiger partial charge is 0.488 e. The Labute approximate surface area is 150 Å². The van der Waals surface area contributed by atoms with E-state index in [-0.39, 0.29) is 6.10 Å². The highest BCUT2D eigenvalue weighted by atomic mass is 16.5. The van der Waals surface area contributed by atoms with E-state index in [1.54, 1.807) is 0 Å². The lowest BCUT2D eigenvalue weighted by atomic mass is 10.1. The van der Waals surface area contributed by atoms with E-state index in [0.717, 1.165) is 51.0 Å². The number of morpholine rings is 1. The number of aliphatic imine (C=N–C) groups is 1. The summed E-state index contributed by atoms with van der Waals surface area (Å²) < 4.78 is 11.5. The fraction of sp³-hybridized carbons (Fsp3) is 0.632. The Morgan fingerprint density at radius 3 is 2.96 bits per heavy atom. The topological polar surface area (TPSA) is 58.1 Å². The third-order valence-corrected chi connectivity index (χ3v) is 4.98. The van der Waals surface area contributed by atoms with Gasteiger partial charge in [-0.3, -0.25) is 9.89 Å². The molecule has 1 aromatic carbocycles. The molecule has 0 saturated carbocycles. The highest BCUT2D eigenvalue weighted by Crippen LogP contribution is 2.27. The molecular formula is C19H30N4O2. The zero-order chi connectivity index (χ0) is 17.6. The first-order valence-corrected chi connectivity index (χ1v) is 9.20. The molecule has 2 heterocycles. The minimum Gasteiger partial charge on any atom is -0.488 e. The van der Waals surface area contributed by atoms with Crippen molar-refractivity contribution in [3.8, 4) is 5.75 Å². The quantitative estimate of drug-likeness (QED) is 0.621. The molecule has 1 fully saturated rings. The fourth-order valence-corrected chi connectivity index (χ4v) is 3.56. The third kappa shape index (κ3) is 4.64. The molecule has 3 atom stereocenters. The van der Waals surface area contributed by atoms with Gasteiger partial charge in [-0.15, -0.1) is 0 Å². The lowest BCUT2D eigenvalue weighted by molar-refractivity contribution is -0.0174. The number of nitrogens with one attached hydrogen (secondary N) is 2. The molecule has 1 aromatic rings. The summed E-state index contributed by atoms with van der Waals surface area (Å²) in [6.45, 7) is 8.70. The monoisotopic (exact) mass is 346 g/mol. The zero-order valence-electron chi connectivity index (χ0n) is 15.5. The standard InChI is InChI=1S/C19H30N4O2/c1-14(23-8-9-24-13-15(23)2)11-21-19(20-3)22-12-17-10-16-6-4-5-7-18(16)25-17/h4-7,14-15,17H,8-13H2,1-3H3,(H2,20,21,22). The summed E-state index contributed by atoms with van der Waals surface area (Å²) in [7, 11) is 1.81. The van der Waals surface area contributed by atoms with Crippen LogP contribution in [0.25, 0.3) is 0 Å². The van der Waals surface area contributed by atoms with Crippen molar-refractivity contribution in [1.29, 1.82) is 0 Å².